The first-order chi connectivity index (χ1) is 18.6. The predicted octanol–water partition coefficient (Wildman–Crippen LogP) is 6.30. The Morgan fingerprint density at radius 2 is 1.10 bits per heavy atom. The summed E-state index contributed by atoms with van der Waals surface area (Å²) in [7, 11) is 0. The van der Waals surface area contributed by atoms with Crippen molar-refractivity contribution in [3.8, 4) is 0 Å². The standard InChI is InChI=1S/C32H60N8/c1-12-15-18-39(24-20-29(4,5)37-30(6,7)21-24)27-34-26(33-17-14-3)35-28(36-27)40(19-16-13-2)25-22-31(8,9)38-32(10,11)23-25/h14,24-25,37-38H,3,12-13,15-23H2,1-2,4-11H3,(H,33,34,35,36). The Balaban J connectivity index is 2.10. The lowest BCUT2D eigenvalue weighted by Gasteiger charge is -2.50. The second-order valence-corrected chi connectivity index (χ2v) is 14.9. The van der Waals surface area contributed by atoms with Crippen LogP contribution in [0.1, 0.15) is 121 Å². The highest BCUT2D eigenvalue weighted by molar-refractivity contribution is 5.47. The Morgan fingerprint density at radius 3 is 1.43 bits per heavy atom. The zero-order chi connectivity index (χ0) is 29.8. The van der Waals surface area contributed by atoms with Crippen LogP contribution in [0.4, 0.5) is 17.8 Å². The number of piperidine rings is 2. The Bertz CT molecular complexity index is 869. The number of unbranched alkanes of at least 4 members (excludes halogenated alkanes) is 2. The first kappa shape index (κ1) is 32.6. The van der Waals surface area contributed by atoms with Gasteiger partial charge in [0.1, 0.15) is 0 Å². The fourth-order valence-corrected chi connectivity index (χ4v) is 7.38. The summed E-state index contributed by atoms with van der Waals surface area (Å²) in [5.41, 5.74) is 0.151. The van der Waals surface area contributed by atoms with Gasteiger partial charge in [-0.15, -0.1) is 6.58 Å². The first-order valence-corrected chi connectivity index (χ1v) is 15.8. The molecule has 1 aromatic heterocycles. The van der Waals surface area contributed by atoms with E-state index < -0.39 is 0 Å². The van der Waals surface area contributed by atoms with Crippen LogP contribution >= 0.6 is 0 Å². The van der Waals surface area contributed by atoms with Crippen LogP contribution in [0.5, 0.6) is 0 Å². The average molecular weight is 557 g/mol. The molecule has 2 fully saturated rings. The molecular formula is C32H60N8. The number of hydrogen-bond donors (Lipinski definition) is 3. The third-order valence-corrected chi connectivity index (χ3v) is 8.25. The monoisotopic (exact) mass is 556 g/mol. The number of anilines is 3. The summed E-state index contributed by atoms with van der Waals surface area (Å²) < 4.78 is 0. The Morgan fingerprint density at radius 1 is 0.725 bits per heavy atom. The van der Waals surface area contributed by atoms with E-state index in [-0.39, 0.29) is 22.2 Å². The summed E-state index contributed by atoms with van der Waals surface area (Å²) in [6, 6.07) is 0.697. The Labute approximate surface area is 245 Å². The molecule has 2 saturated heterocycles. The van der Waals surface area contributed by atoms with Crippen molar-refractivity contribution >= 4 is 17.8 Å². The van der Waals surface area contributed by atoms with Gasteiger partial charge in [-0.25, -0.2) is 0 Å². The SMILES string of the molecule is C=CCNc1nc(N(CCCC)C2CC(C)(C)NC(C)(C)C2)nc(N(CCCC)C2CC(C)(C)NC(C)(C)C2)n1. The molecular weight excluding hydrogens is 496 g/mol. The van der Waals surface area contributed by atoms with E-state index in [2.05, 4.69) is 102 Å². The number of hydrogen-bond acceptors (Lipinski definition) is 8. The molecule has 40 heavy (non-hydrogen) atoms. The quantitative estimate of drug-likeness (QED) is 0.244. The van der Waals surface area contributed by atoms with Crippen LogP contribution < -0.4 is 25.8 Å². The molecule has 0 unspecified atom stereocenters. The molecule has 3 heterocycles. The lowest BCUT2D eigenvalue weighted by molar-refractivity contribution is 0.157. The second kappa shape index (κ2) is 12.9. The minimum absolute atomic E-state index is 0.0378. The molecule has 0 amide bonds. The molecule has 0 aromatic carbocycles. The number of nitrogens with zero attached hydrogens (tertiary/aromatic N) is 5. The van der Waals surface area contributed by atoms with E-state index in [1.54, 1.807) is 0 Å². The first-order valence-electron chi connectivity index (χ1n) is 15.8. The van der Waals surface area contributed by atoms with Crippen molar-refractivity contribution in [2.75, 3.05) is 34.8 Å². The molecule has 2 aliphatic rings. The van der Waals surface area contributed by atoms with E-state index in [1.165, 1.54) is 0 Å². The third-order valence-electron chi connectivity index (χ3n) is 8.25. The molecule has 0 radical (unpaired) electrons. The van der Waals surface area contributed by atoms with Crippen molar-refractivity contribution in [3.05, 3.63) is 12.7 Å². The number of rotatable bonds is 13. The van der Waals surface area contributed by atoms with Crippen LogP contribution in [-0.2, 0) is 0 Å². The van der Waals surface area contributed by atoms with Crippen LogP contribution in [0.2, 0.25) is 0 Å². The van der Waals surface area contributed by atoms with Crippen molar-refractivity contribution in [3.63, 3.8) is 0 Å². The van der Waals surface area contributed by atoms with E-state index in [0.29, 0.717) is 24.6 Å². The van der Waals surface area contributed by atoms with E-state index in [0.717, 1.165) is 76.4 Å². The van der Waals surface area contributed by atoms with E-state index in [1.807, 2.05) is 6.08 Å². The molecule has 0 aliphatic carbocycles. The van der Waals surface area contributed by atoms with Gasteiger partial charge in [0.15, 0.2) is 0 Å². The molecule has 228 valence electrons. The van der Waals surface area contributed by atoms with Gasteiger partial charge in [0, 0.05) is 53.9 Å². The van der Waals surface area contributed by atoms with Gasteiger partial charge in [0.05, 0.1) is 0 Å². The van der Waals surface area contributed by atoms with E-state index in [4.69, 9.17) is 15.0 Å². The fraction of sp³-hybridized carbons (Fsp3) is 0.844. The molecule has 0 spiro atoms. The number of aromatic nitrogens is 3. The molecule has 3 rings (SSSR count). The molecule has 2 aliphatic heterocycles. The Hall–Kier alpha value is -1.93. The zero-order valence-corrected chi connectivity index (χ0v) is 27.5. The van der Waals surface area contributed by atoms with Gasteiger partial charge in [0.2, 0.25) is 17.8 Å². The normalized spacial score (nSPS) is 22.1. The van der Waals surface area contributed by atoms with Gasteiger partial charge in [-0.3, -0.25) is 0 Å². The van der Waals surface area contributed by atoms with E-state index >= 15 is 0 Å². The van der Waals surface area contributed by atoms with Gasteiger partial charge in [-0.05, 0) is 93.9 Å². The topological polar surface area (TPSA) is 81.2 Å². The molecule has 0 saturated carbocycles. The summed E-state index contributed by atoms with van der Waals surface area (Å²) in [4.78, 5) is 20.4. The maximum absolute atomic E-state index is 5.31. The van der Waals surface area contributed by atoms with Crippen molar-refractivity contribution in [2.24, 2.45) is 0 Å². The largest absolute Gasteiger partial charge is 0.351 e. The number of nitrogens with one attached hydrogen (secondary N) is 3. The van der Waals surface area contributed by atoms with Crippen LogP contribution in [-0.4, -0.2) is 68.8 Å². The highest BCUT2D eigenvalue weighted by atomic mass is 15.4. The molecule has 8 heteroatoms. The maximum atomic E-state index is 5.31. The van der Waals surface area contributed by atoms with Gasteiger partial charge in [-0.1, -0.05) is 32.8 Å². The lowest BCUT2D eigenvalue weighted by atomic mass is 9.79. The zero-order valence-electron chi connectivity index (χ0n) is 27.5. The van der Waals surface area contributed by atoms with Crippen LogP contribution in [0.25, 0.3) is 0 Å². The van der Waals surface area contributed by atoms with Crippen molar-refractivity contribution in [1.29, 1.82) is 0 Å². The van der Waals surface area contributed by atoms with Crippen molar-refractivity contribution < 1.29 is 0 Å². The summed E-state index contributed by atoms with van der Waals surface area (Å²) >= 11 is 0. The maximum Gasteiger partial charge on any atom is 0.232 e. The summed E-state index contributed by atoms with van der Waals surface area (Å²) in [6.45, 7) is 29.5. The van der Waals surface area contributed by atoms with Crippen LogP contribution in [0, 0.1) is 0 Å². The highest BCUT2D eigenvalue weighted by Crippen LogP contribution is 2.36. The van der Waals surface area contributed by atoms with Gasteiger partial charge in [0.25, 0.3) is 0 Å². The Kier molecular flexibility index (Phi) is 10.5. The molecule has 0 bridgehead atoms. The second-order valence-electron chi connectivity index (χ2n) is 14.9. The minimum Gasteiger partial charge on any atom is -0.351 e. The minimum atomic E-state index is 0.0378. The van der Waals surface area contributed by atoms with Crippen LogP contribution in [0.15, 0.2) is 12.7 Å². The molecule has 8 nitrogen and oxygen atoms in total. The van der Waals surface area contributed by atoms with Gasteiger partial charge >= 0.3 is 0 Å². The summed E-state index contributed by atoms with van der Waals surface area (Å²) in [5, 5.41) is 11.1. The highest BCUT2D eigenvalue weighted by Gasteiger charge is 2.42. The van der Waals surface area contributed by atoms with Crippen molar-refractivity contribution in [2.45, 2.75) is 155 Å². The third kappa shape index (κ3) is 9.04. The van der Waals surface area contributed by atoms with Crippen LogP contribution in [0.3, 0.4) is 0 Å². The average Bonchev–Trinajstić information content (AvgIpc) is 2.79. The molecule has 3 N–H and O–H groups in total. The van der Waals surface area contributed by atoms with E-state index in [9.17, 15) is 0 Å². The van der Waals surface area contributed by atoms with Gasteiger partial charge in [-0.2, -0.15) is 15.0 Å². The fourth-order valence-electron chi connectivity index (χ4n) is 7.38. The smallest absolute Gasteiger partial charge is 0.232 e. The molecule has 1 aromatic rings. The van der Waals surface area contributed by atoms with Crippen molar-refractivity contribution in [1.82, 2.24) is 25.6 Å². The summed E-state index contributed by atoms with van der Waals surface area (Å²) in [5.74, 6) is 2.25. The molecule has 0 atom stereocenters. The van der Waals surface area contributed by atoms with Gasteiger partial charge < -0.3 is 25.8 Å². The summed E-state index contributed by atoms with van der Waals surface area (Å²) in [6.07, 6.45) is 10.5. The lowest BCUT2D eigenvalue weighted by Crippen LogP contribution is -2.63. The predicted molar refractivity (Wildman–Crippen MR) is 172 cm³/mol.